The minimum atomic E-state index is -1.20. The lowest BCUT2D eigenvalue weighted by Crippen LogP contribution is -2.23. The first-order valence-corrected chi connectivity index (χ1v) is 10.7. The summed E-state index contributed by atoms with van der Waals surface area (Å²) in [5.74, 6) is 0.756. The molecule has 170 valence electrons. The van der Waals surface area contributed by atoms with Crippen LogP contribution < -0.4 is 4.74 Å². The third kappa shape index (κ3) is 5.68. The zero-order valence-electron chi connectivity index (χ0n) is 19.0. The van der Waals surface area contributed by atoms with Gasteiger partial charge in [-0.1, -0.05) is 29.8 Å². The van der Waals surface area contributed by atoms with E-state index in [9.17, 15) is 9.90 Å². The fraction of sp³-hybridized carbons (Fsp3) is 0.360. The smallest absolute Gasteiger partial charge is 0.497 e. The molecule has 1 unspecified atom stereocenters. The zero-order chi connectivity index (χ0) is 23.1. The summed E-state index contributed by atoms with van der Waals surface area (Å²) in [7, 11) is 1.63. The van der Waals surface area contributed by atoms with Crippen molar-refractivity contribution in [2.24, 2.45) is 0 Å². The van der Waals surface area contributed by atoms with Gasteiger partial charge in [-0.2, -0.15) is 5.10 Å². The Kier molecular flexibility index (Phi) is 7.53. The second-order valence-electron chi connectivity index (χ2n) is 7.80. The molecular formula is C25H30N2O5. The fourth-order valence-corrected chi connectivity index (χ4v) is 3.35. The lowest BCUT2D eigenvalue weighted by Gasteiger charge is -2.20. The SMILES string of the molecule is CCOC(=O)OCCCC(C)(O)c1cc(-c2ccc(C)cc2)n(-c2ccc(OC)cc2)n1. The molecule has 0 aliphatic heterocycles. The number of carbonyl (C=O) groups is 1. The van der Waals surface area contributed by atoms with Crippen LogP contribution in [-0.2, 0) is 15.1 Å². The van der Waals surface area contributed by atoms with Gasteiger partial charge in [0, 0.05) is 5.56 Å². The van der Waals surface area contributed by atoms with Gasteiger partial charge in [-0.05, 0) is 63.9 Å². The topological polar surface area (TPSA) is 82.8 Å². The summed E-state index contributed by atoms with van der Waals surface area (Å²) in [6.07, 6.45) is 0.151. The van der Waals surface area contributed by atoms with Crippen LogP contribution in [0.1, 0.15) is 37.9 Å². The largest absolute Gasteiger partial charge is 0.508 e. The Bertz CT molecular complexity index is 1020. The summed E-state index contributed by atoms with van der Waals surface area (Å²) >= 11 is 0. The maximum absolute atomic E-state index is 11.3. The molecule has 0 radical (unpaired) electrons. The van der Waals surface area contributed by atoms with Gasteiger partial charge < -0.3 is 19.3 Å². The van der Waals surface area contributed by atoms with Crippen molar-refractivity contribution < 1.29 is 24.1 Å². The van der Waals surface area contributed by atoms with Gasteiger partial charge in [0.15, 0.2) is 0 Å². The molecule has 0 aliphatic carbocycles. The molecule has 0 spiro atoms. The molecule has 0 aliphatic rings. The van der Waals surface area contributed by atoms with Crippen LogP contribution >= 0.6 is 0 Å². The van der Waals surface area contributed by atoms with Gasteiger partial charge in [-0.15, -0.1) is 0 Å². The lowest BCUT2D eigenvalue weighted by molar-refractivity contribution is 0.0239. The first-order valence-electron chi connectivity index (χ1n) is 10.7. The molecule has 2 aromatic carbocycles. The predicted molar refractivity (Wildman–Crippen MR) is 122 cm³/mol. The summed E-state index contributed by atoms with van der Waals surface area (Å²) < 4.78 is 16.8. The van der Waals surface area contributed by atoms with Crippen molar-refractivity contribution in [1.29, 1.82) is 0 Å². The van der Waals surface area contributed by atoms with E-state index in [1.54, 1.807) is 21.0 Å². The van der Waals surface area contributed by atoms with Crippen LogP contribution in [0.5, 0.6) is 5.75 Å². The highest BCUT2D eigenvalue weighted by atomic mass is 16.7. The molecule has 0 bridgehead atoms. The number of aromatic nitrogens is 2. The minimum Gasteiger partial charge on any atom is -0.497 e. The number of benzene rings is 2. The maximum Gasteiger partial charge on any atom is 0.508 e. The second-order valence-corrected chi connectivity index (χ2v) is 7.80. The maximum atomic E-state index is 11.3. The van der Waals surface area contributed by atoms with Gasteiger partial charge in [0.1, 0.15) is 11.4 Å². The predicted octanol–water partition coefficient (Wildman–Crippen LogP) is 5.02. The van der Waals surface area contributed by atoms with E-state index in [1.807, 2.05) is 66.2 Å². The highest BCUT2D eigenvalue weighted by Gasteiger charge is 2.28. The minimum absolute atomic E-state index is 0.166. The second kappa shape index (κ2) is 10.3. The Morgan fingerprint density at radius 2 is 1.78 bits per heavy atom. The number of rotatable bonds is 9. The number of aryl methyl sites for hydroxylation is 1. The summed E-state index contributed by atoms with van der Waals surface area (Å²) in [6.45, 7) is 5.91. The molecule has 1 aromatic heterocycles. The highest BCUT2D eigenvalue weighted by molar-refractivity contribution is 5.63. The van der Waals surface area contributed by atoms with Crippen LogP contribution in [0.2, 0.25) is 0 Å². The van der Waals surface area contributed by atoms with E-state index in [0.29, 0.717) is 18.5 Å². The van der Waals surface area contributed by atoms with Crippen LogP contribution in [0, 0.1) is 6.92 Å². The molecular weight excluding hydrogens is 408 g/mol. The molecule has 7 heteroatoms. The average Bonchev–Trinajstić information content (AvgIpc) is 3.24. The van der Waals surface area contributed by atoms with Gasteiger partial charge in [0.25, 0.3) is 0 Å². The van der Waals surface area contributed by atoms with Crippen molar-refractivity contribution in [2.75, 3.05) is 20.3 Å². The van der Waals surface area contributed by atoms with E-state index >= 15 is 0 Å². The highest BCUT2D eigenvalue weighted by Crippen LogP contribution is 2.32. The van der Waals surface area contributed by atoms with Crippen LogP contribution in [-0.4, -0.2) is 41.4 Å². The Hall–Kier alpha value is -3.32. The van der Waals surface area contributed by atoms with Crippen LogP contribution in [0.25, 0.3) is 16.9 Å². The number of carbonyl (C=O) groups excluding carboxylic acids is 1. The molecule has 7 nitrogen and oxygen atoms in total. The molecule has 0 amide bonds. The summed E-state index contributed by atoms with van der Waals surface area (Å²) in [6, 6.07) is 17.7. The molecule has 0 saturated carbocycles. The molecule has 3 aromatic rings. The van der Waals surface area contributed by atoms with E-state index in [1.165, 1.54) is 0 Å². The van der Waals surface area contributed by atoms with Gasteiger partial charge in [0.2, 0.25) is 0 Å². The van der Waals surface area contributed by atoms with Crippen LogP contribution in [0.15, 0.2) is 54.6 Å². The normalized spacial score (nSPS) is 12.8. The van der Waals surface area contributed by atoms with Crippen molar-refractivity contribution in [3.63, 3.8) is 0 Å². The number of ether oxygens (including phenoxy) is 3. The molecule has 1 N–H and O–H groups in total. The summed E-state index contributed by atoms with van der Waals surface area (Å²) in [5, 5.41) is 15.9. The molecule has 1 heterocycles. The van der Waals surface area contributed by atoms with Crippen LogP contribution in [0.4, 0.5) is 4.79 Å². The van der Waals surface area contributed by atoms with E-state index in [-0.39, 0.29) is 13.2 Å². The molecule has 0 saturated heterocycles. The number of hydrogen-bond acceptors (Lipinski definition) is 6. The van der Waals surface area contributed by atoms with Gasteiger partial charge in [-0.25, -0.2) is 9.48 Å². The fourth-order valence-electron chi connectivity index (χ4n) is 3.35. The van der Waals surface area contributed by atoms with E-state index in [0.717, 1.165) is 28.3 Å². The third-order valence-corrected chi connectivity index (χ3v) is 5.22. The first kappa shape index (κ1) is 23.3. The van der Waals surface area contributed by atoms with E-state index in [4.69, 9.17) is 19.3 Å². The van der Waals surface area contributed by atoms with Crippen molar-refractivity contribution in [3.8, 4) is 22.7 Å². The van der Waals surface area contributed by atoms with Gasteiger partial charge in [0.05, 0.1) is 37.4 Å². The summed E-state index contributed by atoms with van der Waals surface area (Å²) in [4.78, 5) is 11.3. The molecule has 3 rings (SSSR count). The molecule has 1 atom stereocenters. The Morgan fingerprint density at radius 1 is 1.09 bits per heavy atom. The van der Waals surface area contributed by atoms with Crippen LogP contribution in [0.3, 0.4) is 0 Å². The Balaban J connectivity index is 1.87. The number of nitrogens with zero attached hydrogens (tertiary/aromatic N) is 2. The third-order valence-electron chi connectivity index (χ3n) is 5.22. The molecule has 0 fully saturated rings. The van der Waals surface area contributed by atoms with Crippen molar-refractivity contribution in [2.45, 2.75) is 39.2 Å². The number of hydrogen-bond donors (Lipinski definition) is 1. The average molecular weight is 439 g/mol. The summed E-state index contributed by atoms with van der Waals surface area (Å²) in [5.41, 5.74) is 3.22. The van der Waals surface area contributed by atoms with Gasteiger partial charge in [-0.3, -0.25) is 0 Å². The zero-order valence-corrected chi connectivity index (χ0v) is 19.0. The van der Waals surface area contributed by atoms with Gasteiger partial charge >= 0.3 is 6.16 Å². The standard InChI is InChI=1S/C25H30N2O5/c1-5-31-24(28)32-16-6-15-25(3,29)23-17-22(19-9-7-18(2)8-10-19)27(26-23)20-11-13-21(30-4)14-12-20/h7-14,17,29H,5-6,15-16H2,1-4H3. The molecule has 32 heavy (non-hydrogen) atoms. The van der Waals surface area contributed by atoms with E-state index in [2.05, 4.69) is 0 Å². The van der Waals surface area contributed by atoms with Crippen molar-refractivity contribution in [3.05, 3.63) is 65.9 Å². The lowest BCUT2D eigenvalue weighted by atomic mass is 9.95. The van der Waals surface area contributed by atoms with Crippen molar-refractivity contribution >= 4 is 6.16 Å². The van der Waals surface area contributed by atoms with Crippen molar-refractivity contribution in [1.82, 2.24) is 9.78 Å². The number of aliphatic hydroxyl groups is 1. The first-order chi connectivity index (χ1) is 15.3. The quantitative estimate of drug-likeness (QED) is 0.373. The number of methoxy groups -OCH3 is 1. The monoisotopic (exact) mass is 438 g/mol. The Morgan fingerprint density at radius 3 is 2.41 bits per heavy atom. The van der Waals surface area contributed by atoms with E-state index < -0.39 is 11.8 Å². The Labute approximate surface area is 188 Å².